The average Bonchev–Trinajstić information content (AvgIpc) is 2.47. The Bertz CT molecular complexity index is 729. The number of hydrogen-bond acceptors (Lipinski definition) is 5. The molecule has 8 heteroatoms. The first-order valence-electron chi connectivity index (χ1n) is 5.73. The number of pyridine rings is 1. The first kappa shape index (κ1) is 14.1. The molecule has 1 aromatic heterocycles. The van der Waals surface area contributed by atoms with Crippen molar-refractivity contribution in [3.05, 3.63) is 63.8 Å². The number of nitro benzene ring substituents is 1. The standard InChI is InChI=1S/C13H9N3O5/c17-12(8-3-1-4-9(7-8)16(20)21)15-11-10(13(18)19)5-2-6-14-11/h1-7H,(H,18,19)(H,14,15,17). The Balaban J connectivity index is 2.28. The molecule has 0 unspecified atom stereocenters. The van der Waals surface area contributed by atoms with Gasteiger partial charge >= 0.3 is 5.97 Å². The molecule has 0 fully saturated rings. The van der Waals surface area contributed by atoms with Crippen molar-refractivity contribution in [3.63, 3.8) is 0 Å². The molecule has 0 radical (unpaired) electrons. The van der Waals surface area contributed by atoms with Gasteiger partial charge in [0, 0.05) is 23.9 Å². The first-order valence-corrected chi connectivity index (χ1v) is 5.73. The maximum absolute atomic E-state index is 12.0. The molecule has 106 valence electrons. The molecule has 0 aliphatic rings. The lowest BCUT2D eigenvalue weighted by Gasteiger charge is -2.06. The number of nitro groups is 1. The van der Waals surface area contributed by atoms with Crippen LogP contribution in [0.4, 0.5) is 11.5 Å². The number of aromatic nitrogens is 1. The number of hydrogen-bond donors (Lipinski definition) is 2. The number of nitrogens with one attached hydrogen (secondary N) is 1. The van der Waals surface area contributed by atoms with Crippen molar-refractivity contribution in [2.24, 2.45) is 0 Å². The van der Waals surface area contributed by atoms with Crippen molar-refractivity contribution in [1.29, 1.82) is 0 Å². The number of aromatic carboxylic acids is 1. The zero-order chi connectivity index (χ0) is 15.4. The Kier molecular flexibility index (Phi) is 3.89. The number of carbonyl (C=O) groups is 2. The van der Waals surface area contributed by atoms with Gasteiger partial charge in [-0.2, -0.15) is 0 Å². The van der Waals surface area contributed by atoms with Crippen LogP contribution >= 0.6 is 0 Å². The van der Waals surface area contributed by atoms with E-state index in [9.17, 15) is 19.7 Å². The Morgan fingerprint density at radius 1 is 1.24 bits per heavy atom. The predicted octanol–water partition coefficient (Wildman–Crippen LogP) is 1.94. The zero-order valence-corrected chi connectivity index (χ0v) is 10.5. The second-order valence-electron chi connectivity index (χ2n) is 3.97. The van der Waals surface area contributed by atoms with E-state index in [0.717, 1.165) is 6.07 Å². The number of benzene rings is 1. The molecule has 0 aliphatic carbocycles. The molecule has 8 nitrogen and oxygen atoms in total. The van der Waals surface area contributed by atoms with Crippen LogP contribution in [0.1, 0.15) is 20.7 Å². The minimum atomic E-state index is -1.24. The number of non-ortho nitro benzene ring substituents is 1. The summed E-state index contributed by atoms with van der Waals surface area (Å²) in [5.41, 5.74) is -0.371. The lowest BCUT2D eigenvalue weighted by Crippen LogP contribution is -2.16. The van der Waals surface area contributed by atoms with Crippen LogP contribution in [0.25, 0.3) is 0 Å². The number of carboxylic acid groups (broad SMARTS) is 1. The van der Waals surface area contributed by atoms with E-state index in [1.165, 1.54) is 36.5 Å². The highest BCUT2D eigenvalue weighted by Crippen LogP contribution is 2.16. The normalized spacial score (nSPS) is 9.90. The SMILES string of the molecule is O=C(Nc1ncccc1C(=O)O)c1cccc([N+](=O)[O-])c1. The van der Waals surface area contributed by atoms with Crippen molar-refractivity contribution in [1.82, 2.24) is 4.98 Å². The van der Waals surface area contributed by atoms with Gasteiger partial charge in [-0.3, -0.25) is 14.9 Å². The molecule has 0 saturated carbocycles. The number of carbonyl (C=O) groups excluding carboxylic acids is 1. The molecule has 2 aromatic rings. The number of rotatable bonds is 4. The van der Waals surface area contributed by atoms with Crippen molar-refractivity contribution in [2.75, 3.05) is 5.32 Å². The summed E-state index contributed by atoms with van der Waals surface area (Å²) in [6, 6.07) is 7.80. The number of carboxylic acids is 1. The summed E-state index contributed by atoms with van der Waals surface area (Å²) in [5.74, 6) is -2.04. The Hall–Kier alpha value is -3.29. The van der Waals surface area contributed by atoms with Crippen LogP contribution in [-0.2, 0) is 0 Å². The van der Waals surface area contributed by atoms with Crippen LogP contribution in [-0.4, -0.2) is 26.9 Å². The first-order chi connectivity index (χ1) is 9.99. The van der Waals surface area contributed by atoms with Gasteiger partial charge in [0.05, 0.1) is 4.92 Å². The van der Waals surface area contributed by atoms with Gasteiger partial charge in [0.2, 0.25) is 0 Å². The minimum absolute atomic E-state index is 0.0335. The van der Waals surface area contributed by atoms with Crippen LogP contribution in [0, 0.1) is 10.1 Å². The molecule has 0 atom stereocenters. The number of amides is 1. The molecule has 0 bridgehead atoms. The van der Waals surface area contributed by atoms with Crippen molar-refractivity contribution >= 4 is 23.4 Å². The summed E-state index contributed by atoms with van der Waals surface area (Å²) >= 11 is 0. The van der Waals surface area contributed by atoms with Gasteiger partial charge in [-0.25, -0.2) is 9.78 Å². The fourth-order valence-corrected chi connectivity index (χ4v) is 1.62. The van der Waals surface area contributed by atoms with E-state index in [0.29, 0.717) is 0 Å². The highest BCUT2D eigenvalue weighted by Gasteiger charge is 2.16. The molecule has 0 aliphatic heterocycles. The monoisotopic (exact) mass is 287 g/mol. The Labute approximate surface area is 118 Å². The number of nitrogens with zero attached hydrogens (tertiary/aromatic N) is 2. The summed E-state index contributed by atoms with van der Waals surface area (Å²) in [6.07, 6.45) is 1.33. The lowest BCUT2D eigenvalue weighted by atomic mass is 10.2. The fourth-order valence-electron chi connectivity index (χ4n) is 1.62. The van der Waals surface area contributed by atoms with Gasteiger partial charge in [0.15, 0.2) is 0 Å². The third kappa shape index (κ3) is 3.18. The van der Waals surface area contributed by atoms with E-state index in [1.807, 2.05) is 0 Å². The van der Waals surface area contributed by atoms with Crippen LogP contribution < -0.4 is 5.32 Å². The second-order valence-corrected chi connectivity index (χ2v) is 3.97. The molecular weight excluding hydrogens is 278 g/mol. The maximum Gasteiger partial charge on any atom is 0.339 e. The molecule has 2 rings (SSSR count). The van der Waals surface area contributed by atoms with E-state index in [1.54, 1.807) is 0 Å². The van der Waals surface area contributed by atoms with Crippen LogP contribution in [0.5, 0.6) is 0 Å². The third-order valence-corrected chi connectivity index (χ3v) is 2.59. The van der Waals surface area contributed by atoms with E-state index >= 15 is 0 Å². The summed E-state index contributed by atoms with van der Waals surface area (Å²) < 4.78 is 0. The topological polar surface area (TPSA) is 122 Å². The van der Waals surface area contributed by atoms with Gasteiger partial charge in [0.1, 0.15) is 11.4 Å². The summed E-state index contributed by atoms with van der Waals surface area (Å²) in [7, 11) is 0. The lowest BCUT2D eigenvalue weighted by molar-refractivity contribution is -0.384. The van der Waals surface area contributed by atoms with Crippen LogP contribution in [0.15, 0.2) is 42.6 Å². The average molecular weight is 287 g/mol. The summed E-state index contributed by atoms with van der Waals surface area (Å²) in [4.78, 5) is 36.8. The molecule has 0 saturated heterocycles. The van der Waals surface area contributed by atoms with Crippen molar-refractivity contribution < 1.29 is 19.6 Å². The molecule has 1 aromatic carbocycles. The maximum atomic E-state index is 12.0. The van der Waals surface area contributed by atoms with Gasteiger partial charge in [-0.1, -0.05) is 6.07 Å². The highest BCUT2D eigenvalue weighted by molar-refractivity contribution is 6.07. The summed E-state index contributed by atoms with van der Waals surface area (Å²) in [6.45, 7) is 0. The van der Waals surface area contributed by atoms with Crippen molar-refractivity contribution in [3.8, 4) is 0 Å². The molecule has 1 amide bonds. The largest absolute Gasteiger partial charge is 0.478 e. The third-order valence-electron chi connectivity index (χ3n) is 2.59. The fraction of sp³-hybridized carbons (Fsp3) is 0. The Morgan fingerprint density at radius 2 is 2.00 bits per heavy atom. The molecular formula is C13H9N3O5. The van der Waals surface area contributed by atoms with E-state index in [4.69, 9.17) is 5.11 Å². The van der Waals surface area contributed by atoms with Gasteiger partial charge in [0.25, 0.3) is 11.6 Å². The zero-order valence-electron chi connectivity index (χ0n) is 10.5. The second kappa shape index (κ2) is 5.78. The minimum Gasteiger partial charge on any atom is -0.478 e. The molecule has 0 spiro atoms. The predicted molar refractivity (Wildman–Crippen MR) is 72.2 cm³/mol. The molecule has 2 N–H and O–H groups in total. The van der Waals surface area contributed by atoms with Crippen LogP contribution in [0.2, 0.25) is 0 Å². The smallest absolute Gasteiger partial charge is 0.339 e. The number of anilines is 1. The van der Waals surface area contributed by atoms with Gasteiger partial charge in [-0.05, 0) is 18.2 Å². The highest BCUT2D eigenvalue weighted by atomic mass is 16.6. The van der Waals surface area contributed by atoms with E-state index < -0.39 is 16.8 Å². The molecule has 1 heterocycles. The molecule has 21 heavy (non-hydrogen) atoms. The van der Waals surface area contributed by atoms with E-state index in [-0.39, 0.29) is 22.6 Å². The Morgan fingerprint density at radius 3 is 2.67 bits per heavy atom. The van der Waals surface area contributed by atoms with Gasteiger partial charge < -0.3 is 10.4 Å². The van der Waals surface area contributed by atoms with Gasteiger partial charge in [-0.15, -0.1) is 0 Å². The van der Waals surface area contributed by atoms with E-state index in [2.05, 4.69) is 10.3 Å². The quantitative estimate of drug-likeness (QED) is 0.654. The van der Waals surface area contributed by atoms with Crippen LogP contribution in [0.3, 0.4) is 0 Å². The van der Waals surface area contributed by atoms with Crippen molar-refractivity contribution in [2.45, 2.75) is 0 Å². The summed E-state index contributed by atoms with van der Waals surface area (Å²) in [5, 5.41) is 22.0.